The lowest BCUT2D eigenvalue weighted by atomic mass is 10.00. The van der Waals surface area contributed by atoms with Crippen molar-refractivity contribution in [3.63, 3.8) is 0 Å². The molecule has 0 atom stereocenters. The number of ether oxygens (including phenoxy) is 2. The van der Waals surface area contributed by atoms with E-state index >= 15 is 0 Å². The Hall–Kier alpha value is -5.02. The predicted molar refractivity (Wildman–Crippen MR) is 120 cm³/mol. The first-order valence-corrected chi connectivity index (χ1v) is 9.73. The van der Waals surface area contributed by atoms with Crippen molar-refractivity contribution in [1.82, 2.24) is 9.20 Å². The van der Waals surface area contributed by atoms with E-state index in [2.05, 4.69) is 6.07 Å². The van der Waals surface area contributed by atoms with Crippen LogP contribution in [0.25, 0.3) is 16.6 Å². The molecule has 0 aliphatic heterocycles. The van der Waals surface area contributed by atoms with E-state index in [1.165, 1.54) is 11.6 Å². The highest BCUT2D eigenvalue weighted by molar-refractivity contribution is 5.97. The third kappa shape index (κ3) is 3.34. The minimum absolute atomic E-state index is 0.0391. The molecule has 2 aromatic carbocycles. The number of nitrogens with one attached hydrogen (secondary N) is 1. The van der Waals surface area contributed by atoms with E-state index < -0.39 is 5.91 Å². The highest BCUT2D eigenvalue weighted by Gasteiger charge is 2.24. The first-order chi connectivity index (χ1) is 15.9. The highest BCUT2D eigenvalue weighted by atomic mass is 16.5. The lowest BCUT2D eigenvalue weighted by molar-refractivity contribution is 0.0935. The predicted octanol–water partition coefficient (Wildman–Crippen LogP) is 2.92. The van der Waals surface area contributed by atoms with Gasteiger partial charge in [0, 0.05) is 11.1 Å². The number of carbonyl (C=O) groups excluding carboxylic acids is 1. The van der Waals surface area contributed by atoms with Gasteiger partial charge in [0.15, 0.2) is 5.49 Å². The number of fused-ring (bicyclic) bond motifs is 1. The van der Waals surface area contributed by atoms with Crippen LogP contribution in [0.5, 0.6) is 11.5 Å². The monoisotopic (exact) mass is 438 g/mol. The first kappa shape index (κ1) is 21.2. The lowest BCUT2D eigenvalue weighted by Crippen LogP contribution is -2.29. The van der Waals surface area contributed by atoms with Crippen LogP contribution in [0.2, 0.25) is 0 Å². The summed E-state index contributed by atoms with van der Waals surface area (Å²) < 4.78 is 12.5. The SMILES string of the molecule is COc1ccc(C(=O)n2c(=N)c(C#N)c3cc(-c4ccc(OC)cc4)c(C#N)c(N)n32)cc1. The smallest absolute Gasteiger partial charge is 0.278 e. The fourth-order valence-electron chi connectivity index (χ4n) is 3.64. The number of nitrogens with two attached hydrogens (primary N) is 1. The van der Waals surface area contributed by atoms with Crippen molar-refractivity contribution in [3.8, 4) is 34.8 Å². The average Bonchev–Trinajstić information content (AvgIpc) is 3.14. The van der Waals surface area contributed by atoms with E-state index in [0.717, 1.165) is 4.68 Å². The van der Waals surface area contributed by atoms with Gasteiger partial charge in [0.25, 0.3) is 5.91 Å². The van der Waals surface area contributed by atoms with Crippen molar-refractivity contribution < 1.29 is 14.3 Å². The highest BCUT2D eigenvalue weighted by Crippen LogP contribution is 2.31. The molecule has 0 saturated carbocycles. The molecule has 2 aromatic heterocycles. The molecule has 0 radical (unpaired) electrons. The van der Waals surface area contributed by atoms with Crippen LogP contribution in [0.15, 0.2) is 54.6 Å². The summed E-state index contributed by atoms with van der Waals surface area (Å²) in [6.07, 6.45) is 0. The molecule has 3 N–H and O–H groups in total. The Balaban J connectivity index is 2.01. The van der Waals surface area contributed by atoms with Gasteiger partial charge in [0.1, 0.15) is 40.6 Å². The minimum atomic E-state index is -0.577. The third-order valence-electron chi connectivity index (χ3n) is 5.32. The number of nitrogen functional groups attached to an aromatic ring is 1. The number of anilines is 1. The average molecular weight is 438 g/mol. The molecule has 162 valence electrons. The Morgan fingerprint density at radius 3 is 2.00 bits per heavy atom. The normalized spacial score (nSPS) is 10.4. The van der Waals surface area contributed by atoms with Gasteiger partial charge in [-0.1, -0.05) is 12.1 Å². The van der Waals surface area contributed by atoms with Gasteiger partial charge in [-0.05, 0) is 48.0 Å². The van der Waals surface area contributed by atoms with Gasteiger partial charge in [-0.2, -0.15) is 15.2 Å². The molecular formula is C24H18N6O3. The maximum Gasteiger partial charge on any atom is 0.278 e. The van der Waals surface area contributed by atoms with Crippen molar-refractivity contribution in [1.29, 1.82) is 15.9 Å². The van der Waals surface area contributed by atoms with E-state index in [0.29, 0.717) is 22.6 Å². The van der Waals surface area contributed by atoms with Crippen LogP contribution in [0.3, 0.4) is 0 Å². The Morgan fingerprint density at radius 1 is 0.939 bits per heavy atom. The Labute approximate surface area is 188 Å². The quantitative estimate of drug-likeness (QED) is 0.502. The number of nitriles is 2. The number of rotatable bonds is 4. The van der Waals surface area contributed by atoms with Crippen LogP contribution >= 0.6 is 0 Å². The Bertz CT molecular complexity index is 1530. The lowest BCUT2D eigenvalue weighted by Gasteiger charge is -2.13. The first-order valence-electron chi connectivity index (χ1n) is 9.73. The van der Waals surface area contributed by atoms with E-state index in [1.807, 2.05) is 6.07 Å². The molecule has 4 aromatic rings. The van der Waals surface area contributed by atoms with Gasteiger partial charge in [-0.25, -0.2) is 4.52 Å². The zero-order valence-electron chi connectivity index (χ0n) is 17.8. The number of benzene rings is 2. The summed E-state index contributed by atoms with van der Waals surface area (Å²) in [5.74, 6) is 0.573. The fourth-order valence-corrected chi connectivity index (χ4v) is 3.64. The second-order valence-electron chi connectivity index (χ2n) is 7.04. The molecule has 2 heterocycles. The van der Waals surface area contributed by atoms with Gasteiger partial charge >= 0.3 is 0 Å². The zero-order chi connectivity index (χ0) is 23.7. The second kappa shape index (κ2) is 8.25. The van der Waals surface area contributed by atoms with Crippen molar-refractivity contribution in [3.05, 3.63) is 76.8 Å². The molecule has 0 aliphatic rings. The molecule has 0 unspecified atom stereocenters. The molecule has 9 heteroatoms. The van der Waals surface area contributed by atoms with E-state index in [-0.39, 0.29) is 33.5 Å². The number of hydrogen-bond acceptors (Lipinski definition) is 7. The molecule has 33 heavy (non-hydrogen) atoms. The largest absolute Gasteiger partial charge is 0.497 e. The minimum Gasteiger partial charge on any atom is -0.497 e. The van der Waals surface area contributed by atoms with E-state index in [9.17, 15) is 15.3 Å². The molecule has 9 nitrogen and oxygen atoms in total. The number of hydrogen-bond donors (Lipinski definition) is 2. The number of methoxy groups -OCH3 is 2. The van der Waals surface area contributed by atoms with E-state index in [1.54, 1.807) is 61.7 Å². The van der Waals surface area contributed by atoms with Crippen molar-refractivity contribution in [2.24, 2.45) is 0 Å². The van der Waals surface area contributed by atoms with Crippen LogP contribution < -0.4 is 20.7 Å². The van der Waals surface area contributed by atoms with Crippen LogP contribution in [0, 0.1) is 28.1 Å². The van der Waals surface area contributed by atoms with Crippen LogP contribution in [-0.4, -0.2) is 29.3 Å². The Kier molecular flexibility index (Phi) is 5.31. The summed E-state index contributed by atoms with van der Waals surface area (Å²) in [5, 5.41) is 28.1. The fraction of sp³-hybridized carbons (Fsp3) is 0.0833. The maximum atomic E-state index is 13.3. The molecule has 0 bridgehead atoms. The topological polar surface area (TPSA) is 142 Å². The van der Waals surface area contributed by atoms with Gasteiger partial charge in [-0.3, -0.25) is 10.2 Å². The summed E-state index contributed by atoms with van der Waals surface area (Å²) >= 11 is 0. The molecule has 0 saturated heterocycles. The van der Waals surface area contributed by atoms with Crippen molar-refractivity contribution in [2.45, 2.75) is 0 Å². The van der Waals surface area contributed by atoms with Crippen molar-refractivity contribution in [2.75, 3.05) is 20.0 Å². The molecule has 0 aliphatic carbocycles. The number of pyridine rings is 1. The van der Waals surface area contributed by atoms with Gasteiger partial charge < -0.3 is 15.2 Å². The molecule has 0 spiro atoms. The standard InChI is InChI=1S/C24H18N6O3/c1-32-16-7-3-14(4-8-16)18-11-21-20(13-26)23(28)30(29(21)22(27)19(18)12-25)24(31)15-5-9-17(33-2)10-6-15/h3-11,28H,27H2,1-2H3. The van der Waals surface area contributed by atoms with Gasteiger partial charge in [0.2, 0.25) is 0 Å². The van der Waals surface area contributed by atoms with Gasteiger partial charge in [-0.15, -0.1) is 0 Å². The molecule has 0 amide bonds. The van der Waals surface area contributed by atoms with Crippen LogP contribution in [0.1, 0.15) is 21.5 Å². The summed E-state index contributed by atoms with van der Waals surface area (Å²) in [6, 6.07) is 19.0. The second-order valence-corrected chi connectivity index (χ2v) is 7.04. The van der Waals surface area contributed by atoms with Crippen molar-refractivity contribution >= 4 is 17.2 Å². The van der Waals surface area contributed by atoms with E-state index in [4.69, 9.17) is 20.6 Å². The number of aromatic nitrogens is 2. The summed E-state index contributed by atoms with van der Waals surface area (Å²) in [5.41, 5.74) is 7.75. The van der Waals surface area contributed by atoms with Gasteiger partial charge in [0.05, 0.1) is 19.7 Å². The Morgan fingerprint density at radius 2 is 1.48 bits per heavy atom. The maximum absolute atomic E-state index is 13.3. The number of nitrogens with zero attached hydrogens (tertiary/aromatic N) is 4. The summed E-state index contributed by atoms with van der Waals surface area (Å²) in [6.45, 7) is 0. The summed E-state index contributed by atoms with van der Waals surface area (Å²) in [4.78, 5) is 13.3. The van der Waals surface area contributed by atoms with Crippen LogP contribution in [0.4, 0.5) is 5.82 Å². The zero-order valence-corrected chi connectivity index (χ0v) is 17.8. The molecular weight excluding hydrogens is 420 g/mol. The molecule has 4 rings (SSSR count). The number of carbonyl (C=O) groups is 1. The molecule has 0 fully saturated rings. The third-order valence-corrected chi connectivity index (χ3v) is 5.32. The van der Waals surface area contributed by atoms with Crippen LogP contribution in [-0.2, 0) is 0 Å². The summed E-state index contributed by atoms with van der Waals surface area (Å²) in [7, 11) is 3.06.